The molecule has 3 rings (SSSR count). The summed E-state index contributed by atoms with van der Waals surface area (Å²) < 4.78 is 0. The molecule has 0 fully saturated rings. The minimum atomic E-state index is -0.262. The van der Waals surface area contributed by atoms with Gasteiger partial charge in [-0.1, -0.05) is 44.5 Å². The van der Waals surface area contributed by atoms with Crippen LogP contribution < -0.4 is 10.6 Å². The van der Waals surface area contributed by atoms with Crippen LogP contribution in [0.5, 0.6) is 0 Å². The van der Waals surface area contributed by atoms with Gasteiger partial charge in [0.1, 0.15) is 0 Å². The van der Waals surface area contributed by atoms with Gasteiger partial charge in [-0.15, -0.1) is 0 Å². The number of amides is 2. The first-order valence-electron chi connectivity index (χ1n) is 9.12. The van der Waals surface area contributed by atoms with Gasteiger partial charge in [0.25, 0.3) is 0 Å². The van der Waals surface area contributed by atoms with E-state index in [1.54, 1.807) is 13.0 Å². The molecule has 1 heterocycles. The first-order valence-corrected chi connectivity index (χ1v) is 9.12. The predicted molar refractivity (Wildman–Crippen MR) is 108 cm³/mol. The molecule has 0 aliphatic rings. The molecule has 2 aromatic carbocycles. The van der Waals surface area contributed by atoms with Gasteiger partial charge >= 0.3 is 6.03 Å². The molecule has 3 aromatic rings. The van der Waals surface area contributed by atoms with Crippen LogP contribution in [0.25, 0.3) is 22.0 Å². The molecule has 1 unspecified atom stereocenters. The highest BCUT2D eigenvalue weighted by Gasteiger charge is 2.11. The summed E-state index contributed by atoms with van der Waals surface area (Å²) in [5.74, 6) is 0.963. The Morgan fingerprint density at radius 1 is 1.15 bits per heavy atom. The second kappa shape index (κ2) is 8.03. The fourth-order valence-electron chi connectivity index (χ4n) is 2.78. The van der Waals surface area contributed by atoms with Crippen molar-refractivity contribution in [2.45, 2.75) is 27.2 Å². The van der Waals surface area contributed by atoms with Crippen LogP contribution in [0.15, 0.2) is 42.5 Å². The van der Waals surface area contributed by atoms with Crippen molar-refractivity contribution in [1.29, 1.82) is 0 Å². The summed E-state index contributed by atoms with van der Waals surface area (Å²) in [4.78, 5) is 23.7. The predicted octanol–water partition coefficient (Wildman–Crippen LogP) is 4.60. The molecule has 0 aliphatic heterocycles. The number of carbonyl (C=O) groups is 2. The number of urea groups is 1. The van der Waals surface area contributed by atoms with E-state index >= 15 is 0 Å². The number of H-pyrrole nitrogens is 1. The number of Topliss-reactive ketones (excluding diaryl/α,β-unsaturated/α-hetero) is 1. The Balaban J connectivity index is 1.79. The summed E-state index contributed by atoms with van der Waals surface area (Å²) in [6, 6.07) is 13.1. The van der Waals surface area contributed by atoms with E-state index in [2.05, 4.69) is 34.7 Å². The highest BCUT2D eigenvalue weighted by atomic mass is 16.2. The molecular formula is C21H24N4O2. The number of rotatable bonds is 6. The Hall–Kier alpha value is -3.15. The maximum atomic E-state index is 12.1. The van der Waals surface area contributed by atoms with E-state index in [1.807, 2.05) is 36.4 Å². The van der Waals surface area contributed by atoms with Crippen LogP contribution in [0.1, 0.15) is 37.6 Å². The van der Waals surface area contributed by atoms with Gasteiger partial charge in [-0.25, -0.2) is 4.79 Å². The zero-order valence-electron chi connectivity index (χ0n) is 15.8. The molecule has 2 amide bonds. The molecule has 0 bridgehead atoms. The average molecular weight is 364 g/mol. The van der Waals surface area contributed by atoms with E-state index < -0.39 is 0 Å². The quantitative estimate of drug-likeness (QED) is 0.559. The van der Waals surface area contributed by atoms with E-state index in [0.29, 0.717) is 23.8 Å². The lowest BCUT2D eigenvalue weighted by atomic mass is 10.0. The summed E-state index contributed by atoms with van der Waals surface area (Å²) in [5.41, 5.74) is 3.43. The zero-order valence-corrected chi connectivity index (χ0v) is 15.8. The third-order valence-electron chi connectivity index (χ3n) is 4.71. The summed E-state index contributed by atoms with van der Waals surface area (Å²) >= 11 is 0. The summed E-state index contributed by atoms with van der Waals surface area (Å²) in [7, 11) is 0. The molecule has 140 valence electrons. The van der Waals surface area contributed by atoms with Gasteiger partial charge < -0.3 is 5.32 Å². The number of aromatic nitrogens is 2. The topological polar surface area (TPSA) is 86.9 Å². The van der Waals surface area contributed by atoms with Gasteiger partial charge in [-0.05, 0) is 42.2 Å². The van der Waals surface area contributed by atoms with Crippen LogP contribution >= 0.6 is 0 Å². The number of aromatic amines is 1. The molecule has 6 heteroatoms. The average Bonchev–Trinajstić information content (AvgIpc) is 3.08. The van der Waals surface area contributed by atoms with E-state index in [0.717, 1.165) is 28.5 Å². The van der Waals surface area contributed by atoms with Gasteiger partial charge in [0.15, 0.2) is 11.6 Å². The fourth-order valence-corrected chi connectivity index (χ4v) is 2.78. The SMILES string of the molecule is CCC(C)CNC(=O)Nc1n[nH]c2cc(-c3cccc(C(C)=O)c3)ccc12. The van der Waals surface area contributed by atoms with Crippen LogP contribution in [-0.2, 0) is 0 Å². The second-order valence-corrected chi connectivity index (χ2v) is 6.82. The molecule has 0 saturated carbocycles. The molecule has 1 aromatic heterocycles. The van der Waals surface area contributed by atoms with Gasteiger partial charge in [0.05, 0.1) is 5.52 Å². The van der Waals surface area contributed by atoms with Crippen molar-refractivity contribution in [1.82, 2.24) is 15.5 Å². The Kier molecular flexibility index (Phi) is 5.54. The van der Waals surface area contributed by atoms with Gasteiger partial charge in [0.2, 0.25) is 0 Å². The number of hydrogen-bond donors (Lipinski definition) is 3. The number of carbonyl (C=O) groups excluding carboxylic acids is 2. The van der Waals surface area contributed by atoms with Crippen molar-refractivity contribution >= 4 is 28.5 Å². The minimum absolute atomic E-state index is 0.0364. The number of fused-ring (bicyclic) bond motifs is 1. The smallest absolute Gasteiger partial charge is 0.320 e. The van der Waals surface area contributed by atoms with E-state index in [4.69, 9.17) is 0 Å². The monoisotopic (exact) mass is 364 g/mol. The number of ketones is 1. The molecule has 1 atom stereocenters. The number of hydrogen-bond acceptors (Lipinski definition) is 3. The standard InChI is InChI=1S/C21H24N4O2/c1-4-13(2)12-22-21(27)23-20-18-9-8-17(11-19(18)24-25-20)16-7-5-6-15(10-16)14(3)26/h5-11,13H,4,12H2,1-3H3,(H3,22,23,24,25,27). The normalized spacial score (nSPS) is 12.0. The number of anilines is 1. The largest absolute Gasteiger partial charge is 0.338 e. The van der Waals surface area contributed by atoms with Crippen molar-refractivity contribution in [2.24, 2.45) is 5.92 Å². The summed E-state index contributed by atoms with van der Waals surface area (Å²) in [6.07, 6.45) is 1.01. The molecule has 6 nitrogen and oxygen atoms in total. The van der Waals surface area contributed by atoms with Gasteiger partial charge in [0, 0.05) is 17.5 Å². The number of nitrogens with one attached hydrogen (secondary N) is 3. The van der Waals surface area contributed by atoms with Crippen molar-refractivity contribution in [3.8, 4) is 11.1 Å². The Morgan fingerprint density at radius 3 is 2.67 bits per heavy atom. The van der Waals surface area contributed by atoms with E-state index in [-0.39, 0.29) is 11.8 Å². The van der Waals surface area contributed by atoms with Crippen LogP contribution in [0.3, 0.4) is 0 Å². The second-order valence-electron chi connectivity index (χ2n) is 6.82. The molecule has 3 N–H and O–H groups in total. The van der Waals surface area contributed by atoms with E-state index in [1.165, 1.54) is 0 Å². The highest BCUT2D eigenvalue weighted by Crippen LogP contribution is 2.27. The Labute approximate surface area is 158 Å². The molecule has 0 saturated heterocycles. The van der Waals surface area contributed by atoms with Crippen LogP contribution in [0.2, 0.25) is 0 Å². The van der Waals surface area contributed by atoms with Crippen LogP contribution in [0, 0.1) is 5.92 Å². The van der Waals surface area contributed by atoms with Crippen molar-refractivity contribution in [2.75, 3.05) is 11.9 Å². The minimum Gasteiger partial charge on any atom is -0.338 e. The van der Waals surface area contributed by atoms with Crippen molar-refractivity contribution < 1.29 is 9.59 Å². The molecule has 0 radical (unpaired) electrons. The molecule has 0 aliphatic carbocycles. The maximum absolute atomic E-state index is 12.1. The number of nitrogens with zero attached hydrogens (tertiary/aromatic N) is 1. The third kappa shape index (κ3) is 4.34. The first-order chi connectivity index (χ1) is 13.0. The van der Waals surface area contributed by atoms with Crippen LogP contribution in [0.4, 0.5) is 10.6 Å². The first kappa shape index (κ1) is 18.6. The Bertz CT molecular complexity index is 977. The lowest BCUT2D eigenvalue weighted by Gasteiger charge is -2.10. The summed E-state index contributed by atoms with van der Waals surface area (Å²) in [5, 5.41) is 13.6. The fraction of sp³-hybridized carbons (Fsp3) is 0.286. The Morgan fingerprint density at radius 2 is 1.93 bits per heavy atom. The van der Waals surface area contributed by atoms with Crippen molar-refractivity contribution in [3.63, 3.8) is 0 Å². The lowest BCUT2D eigenvalue weighted by Crippen LogP contribution is -2.32. The van der Waals surface area contributed by atoms with E-state index in [9.17, 15) is 9.59 Å². The third-order valence-corrected chi connectivity index (χ3v) is 4.71. The van der Waals surface area contributed by atoms with Gasteiger partial charge in [-0.2, -0.15) is 5.10 Å². The highest BCUT2D eigenvalue weighted by molar-refractivity contribution is 6.00. The maximum Gasteiger partial charge on any atom is 0.320 e. The summed E-state index contributed by atoms with van der Waals surface area (Å²) in [6.45, 7) is 6.37. The molecule has 0 spiro atoms. The molecular weight excluding hydrogens is 340 g/mol. The van der Waals surface area contributed by atoms with Crippen LogP contribution in [-0.4, -0.2) is 28.6 Å². The molecule has 27 heavy (non-hydrogen) atoms. The van der Waals surface area contributed by atoms with Crippen molar-refractivity contribution in [3.05, 3.63) is 48.0 Å². The number of benzene rings is 2. The lowest BCUT2D eigenvalue weighted by molar-refractivity contribution is 0.101. The van der Waals surface area contributed by atoms with Gasteiger partial charge in [-0.3, -0.25) is 15.2 Å². The zero-order chi connectivity index (χ0) is 19.4.